The van der Waals surface area contributed by atoms with E-state index in [1.807, 2.05) is 38.1 Å². The Morgan fingerprint density at radius 3 is 2.46 bits per heavy atom. The molecule has 2 nitrogen and oxygen atoms in total. The lowest BCUT2D eigenvalue weighted by atomic mass is 10.1. The normalized spacial score (nSPS) is 12.1. The molecule has 0 bridgehead atoms. The molecule has 1 N–H and O–H groups in total. The Kier molecular flexibility index (Phi) is 3.48. The Morgan fingerprint density at radius 1 is 1.38 bits per heavy atom. The van der Waals surface area contributed by atoms with Gasteiger partial charge in [0, 0.05) is 0 Å². The molecule has 1 aromatic rings. The number of aryl methyl sites for hydroxylation is 1. The highest BCUT2D eigenvalue weighted by Gasteiger charge is 2.06. The van der Waals surface area contributed by atoms with E-state index < -0.39 is 0 Å². The Bertz CT molecular complexity index is 295. The zero-order valence-corrected chi connectivity index (χ0v) is 8.04. The molecule has 0 radical (unpaired) electrons. The van der Waals surface area contributed by atoms with Crippen molar-refractivity contribution in [2.24, 2.45) is 0 Å². The molecule has 68 valence electrons. The van der Waals surface area contributed by atoms with Crippen LogP contribution in [0.1, 0.15) is 24.1 Å². The third-order valence-electron chi connectivity index (χ3n) is 1.95. The fourth-order valence-corrected chi connectivity index (χ4v) is 1.20. The highest BCUT2D eigenvalue weighted by Crippen LogP contribution is 2.12. The van der Waals surface area contributed by atoms with E-state index in [1.54, 1.807) is 0 Å². The van der Waals surface area contributed by atoms with Crippen LogP contribution in [0.15, 0.2) is 24.3 Å². The lowest BCUT2D eigenvalue weighted by molar-refractivity contribution is 0.658. The van der Waals surface area contributed by atoms with Crippen LogP contribution in [-0.4, -0.2) is 6.54 Å². The van der Waals surface area contributed by atoms with E-state index in [0.717, 1.165) is 12.1 Å². The van der Waals surface area contributed by atoms with Crippen molar-refractivity contribution >= 4 is 0 Å². The van der Waals surface area contributed by atoms with Crippen molar-refractivity contribution in [3.8, 4) is 6.07 Å². The second kappa shape index (κ2) is 4.64. The average molecular weight is 174 g/mol. The van der Waals surface area contributed by atoms with Crippen LogP contribution >= 0.6 is 0 Å². The van der Waals surface area contributed by atoms with Crippen molar-refractivity contribution in [1.82, 2.24) is 5.32 Å². The highest BCUT2D eigenvalue weighted by atomic mass is 14.9. The molecule has 2 heteroatoms. The monoisotopic (exact) mass is 174 g/mol. The van der Waals surface area contributed by atoms with Crippen LogP contribution < -0.4 is 5.32 Å². The van der Waals surface area contributed by atoms with Gasteiger partial charge in [-0.1, -0.05) is 36.8 Å². The minimum Gasteiger partial charge on any atom is -0.298 e. The maximum atomic E-state index is 8.87. The first-order valence-electron chi connectivity index (χ1n) is 4.47. The molecule has 1 aromatic carbocycles. The molecular weight excluding hydrogens is 160 g/mol. The fourth-order valence-electron chi connectivity index (χ4n) is 1.20. The zero-order chi connectivity index (χ0) is 9.68. The van der Waals surface area contributed by atoms with Crippen LogP contribution in [0.3, 0.4) is 0 Å². The zero-order valence-electron chi connectivity index (χ0n) is 8.04. The molecule has 0 unspecified atom stereocenters. The van der Waals surface area contributed by atoms with Crippen LogP contribution in [0.4, 0.5) is 0 Å². The Hall–Kier alpha value is -1.33. The number of nitrogens with one attached hydrogen (secondary N) is 1. The van der Waals surface area contributed by atoms with Gasteiger partial charge in [0.15, 0.2) is 0 Å². The summed E-state index contributed by atoms with van der Waals surface area (Å²) < 4.78 is 0. The topological polar surface area (TPSA) is 35.8 Å². The van der Waals surface area contributed by atoms with Crippen molar-refractivity contribution in [3.05, 3.63) is 35.4 Å². The Balaban J connectivity index is 2.81. The Labute approximate surface area is 79.2 Å². The van der Waals surface area contributed by atoms with Crippen LogP contribution in [0.2, 0.25) is 0 Å². The van der Waals surface area contributed by atoms with E-state index in [1.165, 1.54) is 5.56 Å². The predicted molar refractivity (Wildman–Crippen MR) is 53.2 cm³/mol. The summed E-state index contributed by atoms with van der Waals surface area (Å²) in [6.45, 7) is 4.85. The standard InChI is InChI=1S/C11H14N2/c1-3-13-11(8-12)10-6-4-9(2)5-7-10/h4-7,11,13H,3H2,1-2H3/t11-/m0/s1. The summed E-state index contributed by atoms with van der Waals surface area (Å²) in [5.41, 5.74) is 2.26. The first-order chi connectivity index (χ1) is 6.27. The summed E-state index contributed by atoms with van der Waals surface area (Å²) in [5, 5.41) is 12.0. The fraction of sp³-hybridized carbons (Fsp3) is 0.364. The van der Waals surface area contributed by atoms with Gasteiger partial charge in [0.2, 0.25) is 0 Å². The lowest BCUT2D eigenvalue weighted by Gasteiger charge is -2.09. The van der Waals surface area contributed by atoms with Gasteiger partial charge in [-0.2, -0.15) is 5.26 Å². The molecule has 0 aliphatic heterocycles. The van der Waals surface area contributed by atoms with Gasteiger partial charge in [0.25, 0.3) is 0 Å². The third kappa shape index (κ3) is 2.57. The number of rotatable bonds is 3. The summed E-state index contributed by atoms with van der Waals surface area (Å²) >= 11 is 0. The maximum Gasteiger partial charge on any atom is 0.121 e. The summed E-state index contributed by atoms with van der Waals surface area (Å²) in [7, 11) is 0. The molecule has 1 rings (SSSR count). The molecule has 0 saturated heterocycles. The molecule has 0 aromatic heterocycles. The van der Waals surface area contributed by atoms with Crippen LogP contribution in [0.25, 0.3) is 0 Å². The molecular formula is C11H14N2. The number of nitriles is 1. The first kappa shape index (κ1) is 9.76. The van der Waals surface area contributed by atoms with Gasteiger partial charge >= 0.3 is 0 Å². The quantitative estimate of drug-likeness (QED) is 0.762. The summed E-state index contributed by atoms with van der Waals surface area (Å²) in [6.07, 6.45) is 0. The number of hydrogen-bond donors (Lipinski definition) is 1. The van der Waals surface area contributed by atoms with Gasteiger partial charge < -0.3 is 0 Å². The SMILES string of the molecule is CCN[C@@H](C#N)c1ccc(C)cc1. The van der Waals surface area contributed by atoms with Crippen molar-refractivity contribution in [3.63, 3.8) is 0 Å². The predicted octanol–water partition coefficient (Wildman–Crippen LogP) is 2.17. The van der Waals surface area contributed by atoms with E-state index in [2.05, 4.69) is 11.4 Å². The smallest absolute Gasteiger partial charge is 0.121 e. The highest BCUT2D eigenvalue weighted by molar-refractivity contribution is 5.27. The van der Waals surface area contributed by atoms with Crippen molar-refractivity contribution < 1.29 is 0 Å². The van der Waals surface area contributed by atoms with Gasteiger partial charge in [-0.25, -0.2) is 0 Å². The second-order valence-corrected chi connectivity index (χ2v) is 3.03. The molecule has 0 amide bonds. The molecule has 13 heavy (non-hydrogen) atoms. The molecule has 0 spiro atoms. The molecule has 0 aliphatic carbocycles. The van der Waals surface area contributed by atoms with Crippen LogP contribution in [0.5, 0.6) is 0 Å². The van der Waals surface area contributed by atoms with Crippen molar-refractivity contribution in [2.75, 3.05) is 6.54 Å². The van der Waals surface area contributed by atoms with Gasteiger partial charge in [0.05, 0.1) is 6.07 Å². The number of benzene rings is 1. The van der Waals surface area contributed by atoms with Gasteiger partial charge in [-0.3, -0.25) is 5.32 Å². The van der Waals surface area contributed by atoms with E-state index >= 15 is 0 Å². The largest absolute Gasteiger partial charge is 0.298 e. The van der Waals surface area contributed by atoms with E-state index in [9.17, 15) is 0 Å². The third-order valence-corrected chi connectivity index (χ3v) is 1.95. The molecule has 0 saturated carbocycles. The average Bonchev–Trinajstić information content (AvgIpc) is 2.16. The van der Waals surface area contributed by atoms with Crippen LogP contribution in [0, 0.1) is 18.3 Å². The van der Waals surface area contributed by atoms with Gasteiger partial charge in [0.1, 0.15) is 6.04 Å². The van der Waals surface area contributed by atoms with E-state index in [0.29, 0.717) is 0 Å². The minimum absolute atomic E-state index is 0.175. The molecule has 0 heterocycles. The van der Waals surface area contributed by atoms with Crippen LogP contribution in [-0.2, 0) is 0 Å². The summed E-state index contributed by atoms with van der Waals surface area (Å²) in [6, 6.07) is 10.1. The molecule has 0 aliphatic rings. The van der Waals surface area contributed by atoms with E-state index in [4.69, 9.17) is 5.26 Å². The van der Waals surface area contributed by atoms with Crippen molar-refractivity contribution in [1.29, 1.82) is 5.26 Å². The summed E-state index contributed by atoms with van der Waals surface area (Å²) in [5.74, 6) is 0. The number of hydrogen-bond acceptors (Lipinski definition) is 2. The van der Waals surface area contributed by atoms with E-state index in [-0.39, 0.29) is 6.04 Å². The molecule has 1 atom stereocenters. The van der Waals surface area contributed by atoms with Gasteiger partial charge in [-0.15, -0.1) is 0 Å². The second-order valence-electron chi connectivity index (χ2n) is 3.03. The van der Waals surface area contributed by atoms with Gasteiger partial charge in [-0.05, 0) is 19.0 Å². The maximum absolute atomic E-state index is 8.87. The number of nitrogens with zero attached hydrogens (tertiary/aromatic N) is 1. The van der Waals surface area contributed by atoms with Crippen molar-refractivity contribution in [2.45, 2.75) is 19.9 Å². The Morgan fingerprint density at radius 2 is 2.00 bits per heavy atom. The summed E-state index contributed by atoms with van der Waals surface area (Å²) in [4.78, 5) is 0. The minimum atomic E-state index is -0.175. The molecule has 0 fully saturated rings. The lowest BCUT2D eigenvalue weighted by Crippen LogP contribution is -2.18. The first-order valence-corrected chi connectivity index (χ1v) is 4.47.